The molecule has 0 heterocycles. The van der Waals surface area contributed by atoms with Crippen LogP contribution in [0.4, 0.5) is 8.78 Å². The average Bonchev–Trinajstić information content (AvgIpc) is 1.63. The van der Waals surface area contributed by atoms with E-state index in [0.29, 0.717) is 0 Å². The van der Waals surface area contributed by atoms with Crippen LogP contribution < -0.4 is 0 Å². The predicted molar refractivity (Wildman–Crippen MR) is 34.7 cm³/mol. The Balaban J connectivity index is 3.45. The van der Waals surface area contributed by atoms with Crippen LogP contribution in [-0.2, 0) is 0 Å². The van der Waals surface area contributed by atoms with Crippen LogP contribution in [0, 0.1) is 0 Å². The minimum absolute atomic E-state index is 0.740. The van der Waals surface area contributed by atoms with Gasteiger partial charge in [-0.15, -0.1) is 0 Å². The molecule has 0 aliphatic rings. The number of alkyl halides is 2. The second kappa shape index (κ2) is 3.59. The molecule has 9 heavy (non-hydrogen) atoms. The number of hydrogen-bond donors (Lipinski definition) is 0. The van der Waals surface area contributed by atoms with Crippen LogP contribution in [0.1, 0.15) is 26.7 Å². The van der Waals surface area contributed by atoms with Crippen molar-refractivity contribution in [3.63, 3.8) is 0 Å². The highest BCUT2D eigenvalue weighted by atomic mass is 19.3. The molecule has 0 radical (unpaired) electrons. The maximum Gasteiger partial charge on any atom is 0.263 e. The zero-order valence-electron chi connectivity index (χ0n) is 5.82. The van der Waals surface area contributed by atoms with E-state index >= 15 is 0 Å². The van der Waals surface area contributed by atoms with Crippen LogP contribution in [0.25, 0.3) is 0 Å². The maximum absolute atomic E-state index is 12.0. The molecular weight excluding hydrogens is 122 g/mol. The van der Waals surface area contributed by atoms with Gasteiger partial charge in [-0.05, 0) is 12.5 Å². The molecule has 0 N–H and O–H groups in total. The van der Waals surface area contributed by atoms with Gasteiger partial charge in [0.25, 0.3) is 5.92 Å². The molecule has 0 atom stereocenters. The Labute approximate surface area is 54.6 Å². The first-order valence-electron chi connectivity index (χ1n) is 3.12. The monoisotopic (exact) mass is 134 g/mol. The van der Waals surface area contributed by atoms with Crippen molar-refractivity contribution in [3.05, 3.63) is 12.2 Å². The van der Waals surface area contributed by atoms with Gasteiger partial charge in [-0.1, -0.05) is 19.4 Å². The third kappa shape index (κ3) is 7.60. The SMILES string of the molecule is CCC/C=C/C(C)(F)F. The van der Waals surface area contributed by atoms with Crippen molar-refractivity contribution < 1.29 is 8.78 Å². The van der Waals surface area contributed by atoms with Crippen molar-refractivity contribution in [2.75, 3.05) is 0 Å². The number of allylic oxidation sites excluding steroid dienone is 2. The fourth-order valence-electron chi connectivity index (χ4n) is 0.457. The summed E-state index contributed by atoms with van der Waals surface area (Å²) in [6, 6.07) is 0. The number of rotatable bonds is 3. The average molecular weight is 134 g/mol. The Morgan fingerprint density at radius 3 is 2.33 bits per heavy atom. The summed E-state index contributed by atoms with van der Waals surface area (Å²) in [5.41, 5.74) is 0. The zero-order chi connectivity index (χ0) is 7.33. The largest absolute Gasteiger partial charge is 0.263 e. The lowest BCUT2D eigenvalue weighted by atomic mass is 10.2. The van der Waals surface area contributed by atoms with Gasteiger partial charge in [-0.25, -0.2) is 8.78 Å². The molecule has 0 fully saturated rings. The quantitative estimate of drug-likeness (QED) is 0.520. The number of hydrogen-bond acceptors (Lipinski definition) is 0. The summed E-state index contributed by atoms with van der Waals surface area (Å²) in [4.78, 5) is 0. The lowest BCUT2D eigenvalue weighted by molar-refractivity contribution is 0.0771. The van der Waals surface area contributed by atoms with Gasteiger partial charge < -0.3 is 0 Å². The van der Waals surface area contributed by atoms with Crippen molar-refractivity contribution in [2.45, 2.75) is 32.6 Å². The molecule has 0 bridgehead atoms. The lowest BCUT2D eigenvalue weighted by Crippen LogP contribution is -2.02. The highest BCUT2D eigenvalue weighted by molar-refractivity contribution is 4.91. The molecule has 0 aromatic rings. The zero-order valence-corrected chi connectivity index (χ0v) is 5.82. The van der Waals surface area contributed by atoms with Gasteiger partial charge in [0.2, 0.25) is 0 Å². The van der Waals surface area contributed by atoms with E-state index < -0.39 is 5.92 Å². The van der Waals surface area contributed by atoms with Gasteiger partial charge >= 0.3 is 0 Å². The molecule has 0 amide bonds. The van der Waals surface area contributed by atoms with E-state index in [-0.39, 0.29) is 0 Å². The van der Waals surface area contributed by atoms with Gasteiger partial charge in [0.1, 0.15) is 0 Å². The minimum Gasteiger partial charge on any atom is -0.202 e. The fraction of sp³-hybridized carbons (Fsp3) is 0.714. The van der Waals surface area contributed by atoms with Crippen LogP contribution in [0.5, 0.6) is 0 Å². The van der Waals surface area contributed by atoms with Crippen molar-refractivity contribution in [3.8, 4) is 0 Å². The molecule has 0 rings (SSSR count). The van der Waals surface area contributed by atoms with Crippen molar-refractivity contribution in [2.24, 2.45) is 0 Å². The Morgan fingerprint density at radius 1 is 1.44 bits per heavy atom. The molecule has 0 saturated heterocycles. The van der Waals surface area contributed by atoms with Crippen LogP contribution in [0.3, 0.4) is 0 Å². The van der Waals surface area contributed by atoms with E-state index in [1.165, 1.54) is 6.08 Å². The standard InChI is InChI=1S/C7H12F2/c1-3-4-5-6-7(2,8)9/h5-6H,3-4H2,1-2H3/b6-5+. The lowest BCUT2D eigenvalue weighted by Gasteiger charge is -2.00. The van der Waals surface area contributed by atoms with E-state index in [4.69, 9.17) is 0 Å². The summed E-state index contributed by atoms with van der Waals surface area (Å²) >= 11 is 0. The molecule has 0 aromatic heterocycles. The van der Waals surface area contributed by atoms with E-state index in [1.807, 2.05) is 6.92 Å². The Bertz CT molecular complexity index is 89.6. The molecule has 0 spiro atoms. The number of unbranched alkanes of at least 4 members (excludes halogenated alkanes) is 1. The van der Waals surface area contributed by atoms with Gasteiger partial charge in [0.15, 0.2) is 0 Å². The van der Waals surface area contributed by atoms with Crippen molar-refractivity contribution in [1.29, 1.82) is 0 Å². The summed E-state index contributed by atoms with van der Waals surface area (Å²) < 4.78 is 23.9. The maximum atomic E-state index is 12.0. The second-order valence-corrected chi connectivity index (χ2v) is 2.15. The highest BCUT2D eigenvalue weighted by Crippen LogP contribution is 2.13. The van der Waals surface area contributed by atoms with E-state index in [9.17, 15) is 8.78 Å². The van der Waals surface area contributed by atoms with E-state index in [0.717, 1.165) is 25.8 Å². The third-order valence-electron chi connectivity index (χ3n) is 0.866. The summed E-state index contributed by atoms with van der Waals surface area (Å²) in [5.74, 6) is -2.63. The van der Waals surface area contributed by atoms with E-state index in [2.05, 4.69) is 0 Å². The molecular formula is C7H12F2. The van der Waals surface area contributed by atoms with Crippen LogP contribution in [0.2, 0.25) is 0 Å². The summed E-state index contributed by atoms with van der Waals surface area (Å²) in [6.07, 6.45) is 4.12. The molecule has 54 valence electrons. The van der Waals surface area contributed by atoms with Crippen molar-refractivity contribution in [1.82, 2.24) is 0 Å². The summed E-state index contributed by atoms with van der Waals surface area (Å²) in [5, 5.41) is 0. The van der Waals surface area contributed by atoms with E-state index in [1.54, 1.807) is 0 Å². The van der Waals surface area contributed by atoms with Gasteiger partial charge in [-0.3, -0.25) is 0 Å². The molecule has 0 aliphatic heterocycles. The van der Waals surface area contributed by atoms with Gasteiger partial charge in [0, 0.05) is 6.92 Å². The molecule has 0 aromatic carbocycles. The van der Waals surface area contributed by atoms with Crippen LogP contribution in [0.15, 0.2) is 12.2 Å². The van der Waals surface area contributed by atoms with Gasteiger partial charge in [0.05, 0.1) is 0 Å². The fourth-order valence-corrected chi connectivity index (χ4v) is 0.457. The first-order valence-corrected chi connectivity index (χ1v) is 3.12. The molecule has 0 nitrogen and oxygen atoms in total. The third-order valence-corrected chi connectivity index (χ3v) is 0.866. The minimum atomic E-state index is -2.63. The summed E-state index contributed by atoms with van der Waals surface area (Å²) in [7, 11) is 0. The van der Waals surface area contributed by atoms with Crippen molar-refractivity contribution >= 4 is 0 Å². The topological polar surface area (TPSA) is 0 Å². The first-order chi connectivity index (χ1) is 4.06. The molecule has 2 heteroatoms. The first kappa shape index (κ1) is 8.60. The second-order valence-electron chi connectivity index (χ2n) is 2.15. The molecule has 0 unspecified atom stereocenters. The normalized spacial score (nSPS) is 12.9. The molecule has 0 saturated carbocycles. The smallest absolute Gasteiger partial charge is 0.202 e. The summed E-state index contributed by atoms with van der Waals surface area (Å²) in [6.45, 7) is 2.84. The highest BCUT2D eigenvalue weighted by Gasteiger charge is 2.14. The Hall–Kier alpha value is -0.400. The number of halogens is 2. The predicted octanol–water partition coefficient (Wildman–Crippen LogP) is 3.00. The molecule has 0 aliphatic carbocycles. The van der Waals surface area contributed by atoms with Crippen LogP contribution >= 0.6 is 0 Å². The Morgan fingerprint density at radius 2 is 2.00 bits per heavy atom. The van der Waals surface area contributed by atoms with Crippen LogP contribution in [-0.4, -0.2) is 5.92 Å². The van der Waals surface area contributed by atoms with Gasteiger partial charge in [-0.2, -0.15) is 0 Å². The Kier molecular flexibility index (Phi) is 3.43.